The van der Waals surface area contributed by atoms with E-state index in [9.17, 15) is 9.59 Å². The van der Waals surface area contributed by atoms with E-state index in [4.69, 9.17) is 4.74 Å². The van der Waals surface area contributed by atoms with E-state index in [2.05, 4.69) is 5.32 Å². The van der Waals surface area contributed by atoms with Gasteiger partial charge in [-0.25, -0.2) is 0 Å². The highest BCUT2D eigenvalue weighted by atomic mass is 16.6. The molecular weight excluding hydrogens is 266 g/mol. The quantitative estimate of drug-likeness (QED) is 0.817. The summed E-state index contributed by atoms with van der Waals surface area (Å²) >= 11 is 0. The number of ether oxygens (including phenoxy) is 1. The van der Waals surface area contributed by atoms with Crippen molar-refractivity contribution in [3.63, 3.8) is 0 Å². The zero-order valence-corrected chi connectivity index (χ0v) is 13.3. The fourth-order valence-electron chi connectivity index (χ4n) is 1.98. The van der Waals surface area contributed by atoms with Gasteiger partial charge in [-0.05, 0) is 32.8 Å². The van der Waals surface area contributed by atoms with Crippen molar-refractivity contribution >= 4 is 11.9 Å². The van der Waals surface area contributed by atoms with Gasteiger partial charge in [0.1, 0.15) is 5.60 Å². The molecule has 116 valence electrons. The van der Waals surface area contributed by atoms with Crippen LogP contribution in [-0.4, -0.2) is 17.5 Å². The summed E-state index contributed by atoms with van der Waals surface area (Å²) in [6.07, 6.45) is 1.37. The van der Waals surface area contributed by atoms with Crippen LogP contribution in [-0.2, 0) is 14.3 Å². The van der Waals surface area contributed by atoms with E-state index in [0.717, 1.165) is 12.0 Å². The van der Waals surface area contributed by atoms with E-state index in [0.29, 0.717) is 6.42 Å². The molecular formula is C17H25NO3. The average molecular weight is 291 g/mol. The van der Waals surface area contributed by atoms with Crippen molar-refractivity contribution in [2.75, 3.05) is 0 Å². The summed E-state index contributed by atoms with van der Waals surface area (Å²) in [5, 5.41) is 2.91. The van der Waals surface area contributed by atoms with Crippen molar-refractivity contribution in [3.05, 3.63) is 35.9 Å². The van der Waals surface area contributed by atoms with Crippen molar-refractivity contribution in [3.8, 4) is 0 Å². The molecule has 0 aliphatic carbocycles. The minimum atomic E-state index is -0.522. The second-order valence-corrected chi connectivity index (χ2v) is 6.07. The summed E-state index contributed by atoms with van der Waals surface area (Å²) in [4.78, 5) is 23.8. The van der Waals surface area contributed by atoms with Crippen molar-refractivity contribution in [2.24, 2.45) is 0 Å². The Morgan fingerprint density at radius 1 is 1.19 bits per heavy atom. The van der Waals surface area contributed by atoms with E-state index in [1.165, 1.54) is 0 Å². The first-order chi connectivity index (χ1) is 9.81. The van der Waals surface area contributed by atoms with E-state index < -0.39 is 5.60 Å². The Bertz CT molecular complexity index is 463. The van der Waals surface area contributed by atoms with Crippen LogP contribution in [0.2, 0.25) is 0 Å². The van der Waals surface area contributed by atoms with E-state index in [1.54, 1.807) is 0 Å². The van der Waals surface area contributed by atoms with Crippen LogP contribution in [0.4, 0.5) is 0 Å². The number of carbonyl (C=O) groups excluding carboxylic acids is 2. The molecule has 4 heteroatoms. The maximum atomic E-state index is 12.0. The van der Waals surface area contributed by atoms with Crippen LogP contribution in [0, 0.1) is 0 Å². The minimum Gasteiger partial charge on any atom is -0.460 e. The summed E-state index contributed by atoms with van der Waals surface area (Å²) in [6, 6.07) is 9.15. The van der Waals surface area contributed by atoms with Gasteiger partial charge in [0, 0.05) is 6.42 Å². The number of benzene rings is 1. The Kier molecular flexibility index (Phi) is 6.40. The summed E-state index contributed by atoms with van der Waals surface area (Å²) in [5.74, 6) is -0.358. The van der Waals surface area contributed by atoms with Crippen LogP contribution in [0.15, 0.2) is 30.3 Å². The first kappa shape index (κ1) is 17.2. The fraction of sp³-hybridized carbons (Fsp3) is 0.529. The molecule has 1 rings (SSSR count). The molecule has 1 N–H and O–H groups in total. The highest BCUT2D eigenvalue weighted by Gasteiger charge is 2.22. The van der Waals surface area contributed by atoms with Gasteiger partial charge in [-0.15, -0.1) is 0 Å². The van der Waals surface area contributed by atoms with Gasteiger partial charge < -0.3 is 10.1 Å². The molecule has 1 amide bonds. The topological polar surface area (TPSA) is 55.4 Å². The minimum absolute atomic E-state index is 0.0464. The number of rotatable bonds is 6. The lowest BCUT2D eigenvalue weighted by molar-refractivity contribution is -0.155. The molecule has 21 heavy (non-hydrogen) atoms. The number of nitrogens with one attached hydrogen (secondary N) is 1. The molecule has 1 aromatic rings. The Balaban J connectivity index is 2.78. The van der Waals surface area contributed by atoms with Gasteiger partial charge in [0.05, 0.1) is 12.5 Å². The molecule has 0 aliphatic rings. The van der Waals surface area contributed by atoms with Crippen molar-refractivity contribution in [1.82, 2.24) is 5.32 Å². The van der Waals surface area contributed by atoms with Crippen LogP contribution in [0.25, 0.3) is 0 Å². The third-order valence-corrected chi connectivity index (χ3v) is 2.81. The monoisotopic (exact) mass is 291 g/mol. The van der Waals surface area contributed by atoms with Crippen LogP contribution in [0.1, 0.15) is 58.6 Å². The molecule has 1 atom stereocenters. The Morgan fingerprint density at radius 3 is 2.33 bits per heavy atom. The van der Waals surface area contributed by atoms with E-state index in [1.807, 2.05) is 58.0 Å². The Hall–Kier alpha value is -1.84. The number of esters is 1. The predicted molar refractivity (Wildman–Crippen MR) is 82.7 cm³/mol. The first-order valence-electron chi connectivity index (χ1n) is 7.38. The van der Waals surface area contributed by atoms with Gasteiger partial charge >= 0.3 is 5.97 Å². The highest BCUT2D eigenvalue weighted by molar-refractivity contribution is 5.78. The molecule has 0 heterocycles. The first-order valence-corrected chi connectivity index (χ1v) is 7.38. The van der Waals surface area contributed by atoms with Gasteiger partial charge in [0.15, 0.2) is 0 Å². The highest BCUT2D eigenvalue weighted by Crippen LogP contribution is 2.19. The molecule has 0 aliphatic heterocycles. The third-order valence-electron chi connectivity index (χ3n) is 2.81. The van der Waals surface area contributed by atoms with E-state index in [-0.39, 0.29) is 24.3 Å². The molecule has 0 fully saturated rings. The lowest BCUT2D eigenvalue weighted by atomic mass is 10.0. The average Bonchev–Trinajstić information content (AvgIpc) is 2.37. The van der Waals surface area contributed by atoms with Gasteiger partial charge in [0.2, 0.25) is 5.91 Å². The molecule has 4 nitrogen and oxygen atoms in total. The zero-order chi connectivity index (χ0) is 15.9. The third kappa shape index (κ3) is 6.93. The van der Waals surface area contributed by atoms with E-state index >= 15 is 0 Å². The van der Waals surface area contributed by atoms with Gasteiger partial charge in [-0.2, -0.15) is 0 Å². The second-order valence-electron chi connectivity index (χ2n) is 6.07. The predicted octanol–water partition coefficient (Wildman–Crippen LogP) is 3.38. The molecule has 0 radical (unpaired) electrons. The van der Waals surface area contributed by atoms with Crippen LogP contribution >= 0.6 is 0 Å². The summed E-state index contributed by atoms with van der Waals surface area (Å²) in [6.45, 7) is 7.44. The number of hydrogen-bond donors (Lipinski definition) is 1. The summed E-state index contributed by atoms with van der Waals surface area (Å²) in [7, 11) is 0. The normalized spacial score (nSPS) is 12.6. The number of carbonyl (C=O) groups is 2. The molecule has 0 saturated carbocycles. The van der Waals surface area contributed by atoms with Crippen LogP contribution in [0.5, 0.6) is 0 Å². The largest absolute Gasteiger partial charge is 0.460 e. The Labute approximate surface area is 126 Å². The second kappa shape index (κ2) is 7.81. The van der Waals surface area contributed by atoms with Gasteiger partial charge in [-0.1, -0.05) is 37.3 Å². The van der Waals surface area contributed by atoms with Crippen molar-refractivity contribution in [1.29, 1.82) is 0 Å². The molecule has 0 unspecified atom stereocenters. The molecule has 0 spiro atoms. The lowest BCUT2D eigenvalue weighted by Gasteiger charge is -2.23. The standard InChI is InChI=1S/C17H25NO3/c1-5-9-15(19)18-14(13-10-7-6-8-11-13)12-16(20)21-17(2,3)4/h6-8,10-11,14H,5,9,12H2,1-4H3,(H,18,19)/t14-/m1/s1. The molecule has 1 aromatic carbocycles. The SMILES string of the molecule is CCCC(=O)N[C@H](CC(=O)OC(C)(C)C)c1ccccc1. The van der Waals surface area contributed by atoms with Gasteiger partial charge in [-0.3, -0.25) is 9.59 Å². The van der Waals surface area contributed by atoms with Crippen LogP contribution < -0.4 is 5.32 Å². The summed E-state index contributed by atoms with van der Waals surface area (Å²) in [5.41, 5.74) is 0.388. The zero-order valence-electron chi connectivity index (χ0n) is 13.3. The Morgan fingerprint density at radius 2 is 1.81 bits per heavy atom. The molecule has 0 aromatic heterocycles. The van der Waals surface area contributed by atoms with Gasteiger partial charge in [0.25, 0.3) is 0 Å². The summed E-state index contributed by atoms with van der Waals surface area (Å²) < 4.78 is 5.34. The van der Waals surface area contributed by atoms with Crippen molar-refractivity contribution < 1.29 is 14.3 Å². The fourth-order valence-corrected chi connectivity index (χ4v) is 1.98. The maximum Gasteiger partial charge on any atom is 0.308 e. The van der Waals surface area contributed by atoms with Crippen LogP contribution in [0.3, 0.4) is 0 Å². The lowest BCUT2D eigenvalue weighted by Crippen LogP contribution is -2.32. The molecule has 0 saturated heterocycles. The molecule has 0 bridgehead atoms. The number of hydrogen-bond acceptors (Lipinski definition) is 3. The van der Waals surface area contributed by atoms with Crippen molar-refractivity contribution in [2.45, 2.75) is 58.6 Å². The maximum absolute atomic E-state index is 12.0. The number of amides is 1. The smallest absolute Gasteiger partial charge is 0.308 e.